The Balaban J connectivity index is 2.16. The van der Waals surface area contributed by atoms with Crippen LogP contribution < -0.4 is 11.1 Å². The predicted octanol–water partition coefficient (Wildman–Crippen LogP) is 2.61. The van der Waals surface area contributed by atoms with Crippen molar-refractivity contribution < 1.29 is 19.5 Å². The zero-order chi connectivity index (χ0) is 22.8. The summed E-state index contributed by atoms with van der Waals surface area (Å²) in [7, 11) is 0. The number of nitrogens with zero attached hydrogens (tertiary/aromatic N) is 2. The van der Waals surface area contributed by atoms with Crippen molar-refractivity contribution in [3.05, 3.63) is 41.7 Å². The number of carbonyl (C=O) groups is 3. The van der Waals surface area contributed by atoms with Crippen molar-refractivity contribution in [2.24, 2.45) is 17.6 Å². The maximum absolute atomic E-state index is 13.4. The summed E-state index contributed by atoms with van der Waals surface area (Å²) in [6, 6.07) is 6.66. The van der Waals surface area contributed by atoms with Crippen LogP contribution in [0, 0.1) is 23.2 Å². The molecule has 1 saturated carbocycles. The van der Waals surface area contributed by atoms with Crippen molar-refractivity contribution in [3.63, 3.8) is 0 Å². The molecule has 3 rings (SSSR count). The molecule has 4 N–H and O–H groups in total. The molecule has 0 bridgehead atoms. The number of primary amides is 1. The van der Waals surface area contributed by atoms with Crippen LogP contribution in [0.25, 0.3) is 5.52 Å². The smallest absolute Gasteiger partial charge is 0.337 e. The van der Waals surface area contributed by atoms with Crippen molar-refractivity contribution >= 4 is 23.3 Å². The molecule has 3 atom stereocenters. The van der Waals surface area contributed by atoms with Gasteiger partial charge in [-0.2, -0.15) is 5.26 Å². The number of fused-ring (bicyclic) bond motifs is 1. The van der Waals surface area contributed by atoms with Gasteiger partial charge in [0.2, 0.25) is 11.8 Å². The van der Waals surface area contributed by atoms with E-state index in [1.54, 1.807) is 28.8 Å². The van der Waals surface area contributed by atoms with Crippen LogP contribution in [-0.4, -0.2) is 33.3 Å². The summed E-state index contributed by atoms with van der Waals surface area (Å²) in [6.45, 7) is 3.91. The zero-order valence-corrected chi connectivity index (χ0v) is 17.8. The summed E-state index contributed by atoms with van der Waals surface area (Å²) < 4.78 is 1.64. The molecular weight excluding hydrogens is 396 g/mol. The Labute approximate surface area is 181 Å². The van der Waals surface area contributed by atoms with Gasteiger partial charge in [0.25, 0.3) is 0 Å². The molecule has 2 aromatic heterocycles. The monoisotopic (exact) mass is 424 g/mol. The lowest BCUT2D eigenvalue weighted by atomic mass is 9.60. The second kappa shape index (κ2) is 8.80. The Bertz CT molecular complexity index is 1050. The van der Waals surface area contributed by atoms with Gasteiger partial charge < -0.3 is 20.6 Å². The molecule has 0 unspecified atom stereocenters. The van der Waals surface area contributed by atoms with Crippen LogP contribution in [0.4, 0.5) is 0 Å². The van der Waals surface area contributed by atoms with Gasteiger partial charge in [0.1, 0.15) is 6.04 Å². The van der Waals surface area contributed by atoms with Gasteiger partial charge in [-0.15, -0.1) is 0 Å². The Hall–Kier alpha value is -3.34. The molecule has 0 saturated heterocycles. The van der Waals surface area contributed by atoms with Crippen molar-refractivity contribution in [1.82, 2.24) is 9.72 Å². The van der Waals surface area contributed by atoms with Crippen molar-refractivity contribution in [3.8, 4) is 6.07 Å². The molecule has 2 aromatic rings. The third-order valence-electron chi connectivity index (χ3n) is 6.20. The summed E-state index contributed by atoms with van der Waals surface area (Å²) in [5.74, 6) is -2.99. The lowest BCUT2D eigenvalue weighted by Gasteiger charge is -2.41. The minimum Gasteiger partial charge on any atom is -0.478 e. The molecule has 164 valence electrons. The van der Waals surface area contributed by atoms with E-state index < -0.39 is 35.2 Å². The fraction of sp³-hybridized carbons (Fsp3) is 0.478. The Morgan fingerprint density at radius 3 is 2.71 bits per heavy atom. The number of nitriles is 1. The number of hydrogen-bond donors (Lipinski definition) is 3. The molecule has 8 heteroatoms. The summed E-state index contributed by atoms with van der Waals surface area (Å²) in [4.78, 5) is 38.5. The first-order valence-electron chi connectivity index (χ1n) is 10.6. The van der Waals surface area contributed by atoms with E-state index >= 15 is 0 Å². The summed E-state index contributed by atoms with van der Waals surface area (Å²) in [5.41, 5.74) is 5.26. The molecule has 2 heterocycles. The fourth-order valence-corrected chi connectivity index (χ4v) is 4.89. The highest BCUT2D eigenvalue weighted by atomic mass is 16.4. The standard InChI is InChI=1S/C23H28N4O4/c1-14(2)11-15(12-24)26-20(28)17-7-3-5-9-23(17,22(25)31)19-16(21(29)30)13-27-10-6-4-8-18(19)27/h4,6,8,10,13-15,17H,3,5,7,9,11H2,1-2H3,(H2,25,31)(H,26,28)(H,29,30)/t15-,17-,23-/m0/s1. The van der Waals surface area contributed by atoms with E-state index in [0.29, 0.717) is 31.2 Å². The second-order valence-electron chi connectivity index (χ2n) is 8.67. The number of carbonyl (C=O) groups excluding carboxylic acids is 2. The fourth-order valence-electron chi connectivity index (χ4n) is 4.89. The van der Waals surface area contributed by atoms with Gasteiger partial charge in [0, 0.05) is 18.0 Å². The average molecular weight is 425 g/mol. The predicted molar refractivity (Wildman–Crippen MR) is 114 cm³/mol. The van der Waals surface area contributed by atoms with Crippen LogP contribution in [0.2, 0.25) is 0 Å². The van der Waals surface area contributed by atoms with E-state index in [-0.39, 0.29) is 23.5 Å². The third kappa shape index (κ3) is 4.00. The minimum absolute atomic E-state index is 0.0382. The van der Waals surface area contributed by atoms with Gasteiger partial charge >= 0.3 is 5.97 Å². The van der Waals surface area contributed by atoms with Gasteiger partial charge in [-0.25, -0.2) is 4.79 Å². The lowest BCUT2D eigenvalue weighted by Crippen LogP contribution is -2.55. The van der Waals surface area contributed by atoms with E-state index in [4.69, 9.17) is 5.73 Å². The number of hydrogen-bond acceptors (Lipinski definition) is 4. The van der Waals surface area contributed by atoms with Crippen LogP contribution in [0.3, 0.4) is 0 Å². The largest absolute Gasteiger partial charge is 0.478 e. The second-order valence-corrected chi connectivity index (χ2v) is 8.67. The van der Waals surface area contributed by atoms with E-state index in [2.05, 4.69) is 11.4 Å². The maximum Gasteiger partial charge on any atom is 0.337 e. The first-order chi connectivity index (χ1) is 14.7. The summed E-state index contributed by atoms with van der Waals surface area (Å²) in [5, 5.41) is 22.1. The number of carboxylic acids is 1. The van der Waals surface area contributed by atoms with Gasteiger partial charge in [-0.05, 0) is 37.3 Å². The topological polar surface area (TPSA) is 138 Å². The minimum atomic E-state index is -1.47. The van der Waals surface area contributed by atoms with Crippen LogP contribution in [0.1, 0.15) is 61.9 Å². The quantitative estimate of drug-likeness (QED) is 0.627. The highest BCUT2D eigenvalue weighted by Gasteiger charge is 2.53. The molecular formula is C23H28N4O4. The SMILES string of the molecule is CC(C)C[C@@H](C#N)NC(=O)[C@@H]1CCCC[C@@]1(C(N)=O)c1c(C(=O)O)cn2ccccc12. The van der Waals surface area contributed by atoms with Crippen LogP contribution in [-0.2, 0) is 15.0 Å². The van der Waals surface area contributed by atoms with Crippen LogP contribution >= 0.6 is 0 Å². The maximum atomic E-state index is 13.4. The summed E-state index contributed by atoms with van der Waals surface area (Å²) in [6.07, 6.45) is 5.65. The number of carboxylic acid groups (broad SMARTS) is 1. The molecule has 1 aliphatic carbocycles. The van der Waals surface area contributed by atoms with Gasteiger partial charge in [-0.3, -0.25) is 9.59 Å². The lowest BCUT2D eigenvalue weighted by molar-refractivity contribution is -0.137. The normalized spacial score (nSPS) is 22.1. The van der Waals surface area contributed by atoms with Gasteiger partial charge in [-0.1, -0.05) is 32.8 Å². The first kappa shape index (κ1) is 22.3. The van der Waals surface area contributed by atoms with E-state index in [1.807, 2.05) is 13.8 Å². The number of aromatic nitrogens is 1. The number of pyridine rings is 1. The Kier molecular flexibility index (Phi) is 6.34. The van der Waals surface area contributed by atoms with Crippen LogP contribution in [0.15, 0.2) is 30.6 Å². The molecule has 0 radical (unpaired) electrons. The van der Waals surface area contributed by atoms with Gasteiger partial charge in [0.15, 0.2) is 0 Å². The number of nitrogens with two attached hydrogens (primary N) is 1. The summed E-state index contributed by atoms with van der Waals surface area (Å²) >= 11 is 0. The van der Waals surface area contributed by atoms with Gasteiger partial charge in [0.05, 0.1) is 28.5 Å². The molecule has 31 heavy (non-hydrogen) atoms. The number of amides is 2. The molecule has 1 fully saturated rings. The van der Waals surface area contributed by atoms with E-state index in [9.17, 15) is 24.8 Å². The molecule has 0 spiro atoms. The number of nitrogens with one attached hydrogen (secondary N) is 1. The number of aromatic carboxylic acids is 1. The van der Waals surface area contributed by atoms with E-state index in [0.717, 1.165) is 0 Å². The van der Waals surface area contributed by atoms with Crippen molar-refractivity contribution in [1.29, 1.82) is 5.26 Å². The number of rotatable bonds is 7. The Morgan fingerprint density at radius 1 is 1.35 bits per heavy atom. The zero-order valence-electron chi connectivity index (χ0n) is 17.8. The molecule has 0 aliphatic heterocycles. The molecule has 0 aromatic carbocycles. The average Bonchev–Trinajstić information content (AvgIpc) is 3.13. The van der Waals surface area contributed by atoms with Crippen molar-refractivity contribution in [2.75, 3.05) is 0 Å². The van der Waals surface area contributed by atoms with E-state index in [1.165, 1.54) is 6.20 Å². The van der Waals surface area contributed by atoms with Crippen LogP contribution in [0.5, 0.6) is 0 Å². The first-order valence-corrected chi connectivity index (χ1v) is 10.6. The molecule has 8 nitrogen and oxygen atoms in total. The molecule has 1 aliphatic rings. The highest BCUT2D eigenvalue weighted by Crippen LogP contribution is 2.47. The third-order valence-corrected chi connectivity index (χ3v) is 6.20. The molecule has 2 amide bonds. The van der Waals surface area contributed by atoms with Crippen molar-refractivity contribution in [2.45, 2.75) is 57.4 Å². The highest BCUT2D eigenvalue weighted by molar-refractivity contribution is 6.02. The Morgan fingerprint density at radius 2 is 2.10 bits per heavy atom.